The average molecular weight is 248 g/mol. The molecular formula is C10H12N6O2. The van der Waals surface area contributed by atoms with Crippen LogP contribution in [0.2, 0.25) is 0 Å². The molecule has 0 fully saturated rings. The van der Waals surface area contributed by atoms with Crippen molar-refractivity contribution in [2.24, 2.45) is 0 Å². The highest BCUT2D eigenvalue weighted by molar-refractivity contribution is 5.91. The van der Waals surface area contributed by atoms with Crippen molar-refractivity contribution in [1.29, 1.82) is 0 Å². The maximum atomic E-state index is 11.6. The van der Waals surface area contributed by atoms with E-state index in [9.17, 15) is 9.59 Å². The lowest BCUT2D eigenvalue weighted by atomic mass is 10.3. The molecular weight excluding hydrogens is 236 g/mol. The fraction of sp³-hybridized carbons (Fsp3) is 0.200. The molecule has 0 atom stereocenters. The Kier molecular flexibility index (Phi) is 3.37. The number of nitrogens with zero attached hydrogens (tertiary/aromatic N) is 3. The highest BCUT2D eigenvalue weighted by Gasteiger charge is 2.06. The smallest absolute Gasteiger partial charge is 0.271 e. The zero-order valence-corrected chi connectivity index (χ0v) is 9.46. The number of aromatic amines is 1. The van der Waals surface area contributed by atoms with Gasteiger partial charge in [0.25, 0.3) is 11.5 Å². The van der Waals surface area contributed by atoms with E-state index in [1.54, 1.807) is 10.9 Å². The number of amides is 1. The Labute approximate surface area is 102 Å². The minimum atomic E-state index is -0.355. The van der Waals surface area contributed by atoms with Crippen LogP contribution in [0.25, 0.3) is 0 Å². The summed E-state index contributed by atoms with van der Waals surface area (Å²) in [6.45, 7) is 0.896. The molecule has 2 aromatic rings. The molecule has 8 nitrogen and oxygen atoms in total. The van der Waals surface area contributed by atoms with Gasteiger partial charge in [-0.05, 0) is 6.07 Å². The van der Waals surface area contributed by atoms with Crippen molar-refractivity contribution in [1.82, 2.24) is 25.3 Å². The molecule has 2 aromatic heterocycles. The van der Waals surface area contributed by atoms with Crippen molar-refractivity contribution in [2.75, 3.05) is 12.3 Å². The van der Waals surface area contributed by atoms with Crippen LogP contribution in [0.1, 0.15) is 10.5 Å². The summed E-state index contributed by atoms with van der Waals surface area (Å²) in [5, 5.41) is 12.4. The first-order chi connectivity index (χ1) is 8.65. The largest absolute Gasteiger partial charge is 0.396 e. The fourth-order valence-electron chi connectivity index (χ4n) is 1.35. The summed E-state index contributed by atoms with van der Waals surface area (Å²) in [4.78, 5) is 22.4. The van der Waals surface area contributed by atoms with Crippen LogP contribution in [0.5, 0.6) is 0 Å². The van der Waals surface area contributed by atoms with Crippen molar-refractivity contribution in [3.8, 4) is 0 Å². The van der Waals surface area contributed by atoms with Gasteiger partial charge in [0.1, 0.15) is 5.69 Å². The van der Waals surface area contributed by atoms with Crippen LogP contribution in [-0.4, -0.2) is 32.4 Å². The molecule has 2 rings (SSSR count). The van der Waals surface area contributed by atoms with Crippen LogP contribution in [0.15, 0.2) is 29.3 Å². The number of aromatic nitrogens is 4. The lowest BCUT2D eigenvalue weighted by molar-refractivity contribution is 0.0946. The summed E-state index contributed by atoms with van der Waals surface area (Å²) in [5.74, 6) is -0.355. The highest BCUT2D eigenvalue weighted by Crippen LogP contribution is 1.96. The molecule has 0 radical (unpaired) electrons. The van der Waals surface area contributed by atoms with E-state index in [0.29, 0.717) is 18.8 Å². The summed E-state index contributed by atoms with van der Waals surface area (Å²) in [6.07, 6.45) is 3.20. The number of carbonyl (C=O) groups is 1. The van der Waals surface area contributed by atoms with E-state index in [4.69, 9.17) is 5.73 Å². The van der Waals surface area contributed by atoms with Gasteiger partial charge in [-0.3, -0.25) is 14.3 Å². The van der Waals surface area contributed by atoms with Crippen molar-refractivity contribution in [3.63, 3.8) is 0 Å². The van der Waals surface area contributed by atoms with Crippen molar-refractivity contribution >= 4 is 11.6 Å². The fourth-order valence-corrected chi connectivity index (χ4v) is 1.35. The molecule has 0 aromatic carbocycles. The van der Waals surface area contributed by atoms with Crippen molar-refractivity contribution < 1.29 is 4.79 Å². The van der Waals surface area contributed by atoms with Gasteiger partial charge in [-0.15, -0.1) is 0 Å². The molecule has 8 heteroatoms. The predicted molar refractivity (Wildman–Crippen MR) is 63.8 cm³/mol. The summed E-state index contributed by atoms with van der Waals surface area (Å²) in [5.41, 5.74) is 5.89. The number of carbonyl (C=O) groups excluding carboxylic acids is 1. The molecule has 0 bridgehead atoms. The van der Waals surface area contributed by atoms with E-state index in [1.165, 1.54) is 18.3 Å². The van der Waals surface area contributed by atoms with Gasteiger partial charge in [-0.1, -0.05) is 0 Å². The Bertz CT molecular complexity index is 582. The average Bonchev–Trinajstić information content (AvgIpc) is 2.76. The molecule has 2 heterocycles. The Morgan fingerprint density at radius 1 is 1.50 bits per heavy atom. The maximum Gasteiger partial charge on any atom is 0.271 e. The first-order valence-corrected chi connectivity index (χ1v) is 5.27. The van der Waals surface area contributed by atoms with Crippen LogP contribution in [0.4, 0.5) is 5.69 Å². The molecule has 0 aliphatic rings. The van der Waals surface area contributed by atoms with Crippen molar-refractivity contribution in [2.45, 2.75) is 6.54 Å². The van der Waals surface area contributed by atoms with Gasteiger partial charge >= 0.3 is 0 Å². The first-order valence-electron chi connectivity index (χ1n) is 5.27. The van der Waals surface area contributed by atoms with Crippen LogP contribution in [0.3, 0.4) is 0 Å². The summed E-state index contributed by atoms with van der Waals surface area (Å²) in [6, 6.07) is 2.61. The zero-order valence-electron chi connectivity index (χ0n) is 9.46. The third kappa shape index (κ3) is 2.94. The molecule has 0 saturated heterocycles. The quantitative estimate of drug-likeness (QED) is 0.639. The molecule has 0 aliphatic heterocycles. The van der Waals surface area contributed by atoms with E-state index in [-0.39, 0.29) is 17.2 Å². The van der Waals surface area contributed by atoms with Crippen LogP contribution >= 0.6 is 0 Å². The highest BCUT2D eigenvalue weighted by atomic mass is 16.2. The van der Waals surface area contributed by atoms with Crippen molar-refractivity contribution in [3.05, 3.63) is 40.6 Å². The molecule has 0 spiro atoms. The Balaban J connectivity index is 1.85. The lowest BCUT2D eigenvalue weighted by Crippen LogP contribution is -2.29. The third-order valence-corrected chi connectivity index (χ3v) is 2.19. The topological polar surface area (TPSA) is 119 Å². The number of rotatable bonds is 4. The number of nitrogen functional groups attached to an aromatic ring is 1. The normalized spacial score (nSPS) is 10.2. The first kappa shape index (κ1) is 11.8. The maximum absolute atomic E-state index is 11.6. The van der Waals surface area contributed by atoms with Crippen LogP contribution in [0, 0.1) is 0 Å². The molecule has 0 aliphatic carbocycles. The zero-order chi connectivity index (χ0) is 13.0. The second-order valence-corrected chi connectivity index (χ2v) is 3.60. The Morgan fingerprint density at radius 3 is 2.94 bits per heavy atom. The van der Waals surface area contributed by atoms with Gasteiger partial charge in [0.05, 0.1) is 18.4 Å². The monoisotopic (exact) mass is 248 g/mol. The molecule has 0 unspecified atom stereocenters. The Hall–Kier alpha value is -2.64. The number of hydrogen-bond donors (Lipinski definition) is 3. The van der Waals surface area contributed by atoms with E-state index >= 15 is 0 Å². The molecule has 4 N–H and O–H groups in total. The van der Waals surface area contributed by atoms with Gasteiger partial charge in [0, 0.05) is 18.8 Å². The van der Waals surface area contributed by atoms with Gasteiger partial charge in [0.2, 0.25) is 0 Å². The number of hydrogen-bond acceptors (Lipinski definition) is 5. The summed E-state index contributed by atoms with van der Waals surface area (Å²) < 4.78 is 1.62. The van der Waals surface area contributed by atoms with Crippen LogP contribution in [-0.2, 0) is 6.54 Å². The van der Waals surface area contributed by atoms with E-state index < -0.39 is 0 Å². The standard InChI is InChI=1S/C10H12N6O2/c11-7-5-13-16(6-7)4-3-12-10(18)8-1-2-9(17)15-14-8/h1-2,5-6H,3-4,11H2,(H,12,18)(H,15,17). The van der Waals surface area contributed by atoms with E-state index in [1.807, 2.05) is 0 Å². The van der Waals surface area contributed by atoms with Gasteiger partial charge < -0.3 is 11.1 Å². The number of nitrogens with one attached hydrogen (secondary N) is 2. The van der Waals surface area contributed by atoms with Gasteiger partial charge in [-0.25, -0.2) is 5.10 Å². The number of H-pyrrole nitrogens is 1. The molecule has 18 heavy (non-hydrogen) atoms. The minimum absolute atomic E-state index is 0.162. The van der Waals surface area contributed by atoms with Gasteiger partial charge in [-0.2, -0.15) is 10.2 Å². The molecule has 1 amide bonds. The Morgan fingerprint density at radius 2 is 2.33 bits per heavy atom. The SMILES string of the molecule is Nc1cnn(CCNC(=O)c2ccc(=O)[nH]n2)c1. The molecule has 0 saturated carbocycles. The number of nitrogens with two attached hydrogens (primary N) is 1. The van der Waals surface area contributed by atoms with E-state index in [2.05, 4.69) is 20.6 Å². The molecule has 94 valence electrons. The minimum Gasteiger partial charge on any atom is -0.396 e. The predicted octanol–water partition coefficient (Wildman–Crippen LogP) is -1.02. The lowest BCUT2D eigenvalue weighted by Gasteiger charge is -2.04. The summed E-state index contributed by atoms with van der Waals surface area (Å²) >= 11 is 0. The van der Waals surface area contributed by atoms with Crippen LogP contribution < -0.4 is 16.6 Å². The second kappa shape index (κ2) is 5.13. The summed E-state index contributed by atoms with van der Waals surface area (Å²) in [7, 11) is 0. The van der Waals surface area contributed by atoms with E-state index in [0.717, 1.165) is 0 Å². The van der Waals surface area contributed by atoms with Gasteiger partial charge in [0.15, 0.2) is 0 Å². The number of anilines is 1. The third-order valence-electron chi connectivity index (χ3n) is 2.19. The second-order valence-electron chi connectivity index (χ2n) is 3.60.